The number of rotatable bonds is 2. The molecule has 0 saturated heterocycles. The second-order valence-corrected chi connectivity index (χ2v) is 2.78. The van der Waals surface area contributed by atoms with Crippen LogP contribution in [-0.2, 0) is 0 Å². The molecule has 0 N–H and O–H groups in total. The molecule has 3 nitrogen and oxygen atoms in total. The van der Waals surface area contributed by atoms with Gasteiger partial charge in [-0.1, -0.05) is 0 Å². The molecule has 0 heterocycles. The summed E-state index contributed by atoms with van der Waals surface area (Å²) in [4.78, 5) is 1.25. The summed E-state index contributed by atoms with van der Waals surface area (Å²) in [6, 6.07) is 8.59. The molecule has 0 aromatic carbocycles. The third kappa shape index (κ3) is 9.33. The maximum Gasteiger partial charge on any atom is 0.129 e. The fourth-order valence-electron chi connectivity index (χ4n) is 0.738. The summed E-state index contributed by atoms with van der Waals surface area (Å²) in [5, 5.41) is 17.1. The van der Waals surface area contributed by atoms with E-state index in [9.17, 15) is 0 Å². The van der Waals surface area contributed by atoms with Gasteiger partial charge in [-0.25, -0.2) is 4.90 Å². The lowest BCUT2D eigenvalue weighted by Crippen LogP contribution is -2.00. The monoisotopic (exact) mass is 263 g/mol. The first kappa shape index (κ1) is 16.6. The number of hydrogen-bond acceptors (Lipinski definition) is 3. The third-order valence-electron chi connectivity index (χ3n) is 1.49. The topological polar surface area (TPSA) is 50.8 Å². The van der Waals surface area contributed by atoms with Crippen LogP contribution in [0.2, 0.25) is 0 Å². The molecule has 92 valence electrons. The molecule has 0 radical (unpaired) electrons. The van der Waals surface area contributed by atoms with Gasteiger partial charge < -0.3 is 0 Å². The highest BCUT2D eigenvalue weighted by Crippen LogP contribution is 1.92. The van der Waals surface area contributed by atoms with Gasteiger partial charge in [0.25, 0.3) is 0 Å². The van der Waals surface area contributed by atoms with Crippen LogP contribution in [0.1, 0.15) is 0 Å². The quantitative estimate of drug-likeness (QED) is 0.323. The van der Waals surface area contributed by atoms with Crippen LogP contribution < -0.4 is 0 Å². The van der Waals surface area contributed by atoms with Crippen molar-refractivity contribution in [2.75, 3.05) is 0 Å². The summed E-state index contributed by atoms with van der Waals surface area (Å²) in [6.07, 6.45) is 14.1. The van der Waals surface area contributed by atoms with Crippen molar-refractivity contribution in [2.24, 2.45) is 0 Å². The van der Waals surface area contributed by atoms with Crippen LogP contribution in [0.15, 0.2) is 23.9 Å². The van der Waals surface area contributed by atoms with Crippen molar-refractivity contribution in [3.8, 4) is 84.4 Å². The Morgan fingerprint density at radius 3 is 1.76 bits per heavy atom. The number of terminal acetylenes is 2. The number of allylic oxidation sites excluding steroid dienone is 3. The van der Waals surface area contributed by atoms with Gasteiger partial charge in [-0.15, -0.1) is 12.8 Å². The van der Waals surface area contributed by atoms with Gasteiger partial charge in [-0.05, 0) is 35.8 Å². The molecular weight excluding hydrogens is 258 g/mol. The minimum atomic E-state index is -0.0497. The van der Waals surface area contributed by atoms with Crippen molar-refractivity contribution < 1.29 is 0 Å². The zero-order valence-corrected chi connectivity index (χ0v) is 10.7. The van der Waals surface area contributed by atoms with Crippen LogP contribution in [0, 0.1) is 95.0 Å². The van der Waals surface area contributed by atoms with Crippen molar-refractivity contribution in [1.82, 2.24) is 4.90 Å². The molecule has 0 amide bonds. The predicted molar refractivity (Wildman–Crippen MR) is 79.1 cm³/mol. The van der Waals surface area contributed by atoms with E-state index in [1.54, 1.807) is 12.1 Å². The Labute approximate surface area is 124 Å². The average Bonchev–Trinajstić information content (AvgIpc) is 2.51. The SMILES string of the molecule is C#CC#CC#CN(C#CC#CC#C)C=CC=C(C#N)C#N. The van der Waals surface area contributed by atoms with Gasteiger partial charge >= 0.3 is 0 Å². The van der Waals surface area contributed by atoms with Gasteiger partial charge in [0.05, 0.1) is 0 Å². The molecule has 0 fully saturated rings. The maximum atomic E-state index is 8.57. The molecule has 0 aromatic heterocycles. The number of nitrogens with zero attached hydrogens (tertiary/aromatic N) is 3. The van der Waals surface area contributed by atoms with E-state index in [1.807, 2.05) is 0 Å². The molecule has 0 saturated carbocycles. The highest BCUT2D eigenvalue weighted by Gasteiger charge is 1.88. The van der Waals surface area contributed by atoms with Crippen LogP contribution in [0.4, 0.5) is 0 Å². The fraction of sp³-hybridized carbons (Fsp3) is 0. The Morgan fingerprint density at radius 2 is 1.33 bits per heavy atom. The van der Waals surface area contributed by atoms with E-state index in [-0.39, 0.29) is 5.57 Å². The summed E-state index contributed by atoms with van der Waals surface area (Å²) in [5.41, 5.74) is -0.0497. The van der Waals surface area contributed by atoms with E-state index in [1.165, 1.54) is 23.3 Å². The van der Waals surface area contributed by atoms with E-state index in [4.69, 9.17) is 23.4 Å². The van der Waals surface area contributed by atoms with E-state index < -0.39 is 0 Å². The smallest absolute Gasteiger partial charge is 0.129 e. The summed E-state index contributed by atoms with van der Waals surface area (Å²) < 4.78 is 0. The molecule has 21 heavy (non-hydrogen) atoms. The van der Waals surface area contributed by atoms with Crippen LogP contribution in [-0.4, -0.2) is 4.90 Å². The normalized spacial score (nSPS) is 6.10. The Kier molecular flexibility index (Phi) is 9.57. The Morgan fingerprint density at radius 1 is 0.810 bits per heavy atom. The second-order valence-electron chi connectivity index (χ2n) is 2.78. The van der Waals surface area contributed by atoms with Crippen molar-refractivity contribution in [3.05, 3.63) is 23.9 Å². The molecule has 0 aromatic rings. The van der Waals surface area contributed by atoms with Crippen molar-refractivity contribution in [2.45, 2.75) is 0 Å². The highest BCUT2D eigenvalue weighted by atomic mass is 15.0. The fourth-order valence-corrected chi connectivity index (χ4v) is 0.738. The molecular formula is C18H5N3. The largest absolute Gasteiger partial charge is 0.233 e. The highest BCUT2D eigenvalue weighted by molar-refractivity contribution is 5.39. The van der Waals surface area contributed by atoms with E-state index in [0.29, 0.717) is 0 Å². The first-order chi connectivity index (χ1) is 10.3. The standard InChI is InChI=1S/C18H5N3/c1-3-5-7-9-13-21(14-10-8-6-4-2)15-11-12-18(16-19)17-20/h1-2,11-12,15H. The summed E-state index contributed by atoms with van der Waals surface area (Å²) in [7, 11) is 0. The molecule has 0 rings (SSSR count). The summed E-state index contributed by atoms with van der Waals surface area (Å²) in [5.74, 6) is 18.6. The van der Waals surface area contributed by atoms with E-state index in [2.05, 4.69) is 59.5 Å². The van der Waals surface area contributed by atoms with Gasteiger partial charge in [0.15, 0.2) is 0 Å². The molecule has 0 aliphatic rings. The van der Waals surface area contributed by atoms with Gasteiger partial charge in [0.1, 0.15) is 17.7 Å². The Balaban J connectivity index is 5.24. The van der Waals surface area contributed by atoms with Gasteiger partial charge in [-0.3, -0.25) is 0 Å². The average molecular weight is 263 g/mol. The molecule has 3 heteroatoms. The Bertz CT molecular complexity index is 791. The lowest BCUT2D eigenvalue weighted by atomic mass is 10.3. The molecule has 0 unspecified atom stereocenters. The summed E-state index contributed by atoms with van der Waals surface area (Å²) >= 11 is 0. The van der Waals surface area contributed by atoms with Crippen LogP contribution >= 0.6 is 0 Å². The molecule has 0 aliphatic carbocycles. The van der Waals surface area contributed by atoms with E-state index >= 15 is 0 Å². The first-order valence-electron chi connectivity index (χ1n) is 5.19. The molecule has 0 atom stereocenters. The molecule has 0 bridgehead atoms. The van der Waals surface area contributed by atoms with Gasteiger partial charge in [-0.2, -0.15) is 10.5 Å². The zero-order valence-electron chi connectivity index (χ0n) is 10.7. The first-order valence-corrected chi connectivity index (χ1v) is 5.19. The predicted octanol–water partition coefficient (Wildman–Crippen LogP) is 0.971. The van der Waals surface area contributed by atoms with Crippen molar-refractivity contribution in [3.63, 3.8) is 0 Å². The Hall–Kier alpha value is -4.38. The van der Waals surface area contributed by atoms with E-state index in [0.717, 1.165) is 0 Å². The van der Waals surface area contributed by atoms with Crippen molar-refractivity contribution >= 4 is 0 Å². The molecule has 0 aliphatic heterocycles. The minimum absolute atomic E-state index is 0.0497. The van der Waals surface area contributed by atoms with Crippen LogP contribution in [0.5, 0.6) is 0 Å². The zero-order chi connectivity index (χ0) is 15.8. The number of hydrogen-bond donors (Lipinski definition) is 0. The van der Waals surface area contributed by atoms with Crippen molar-refractivity contribution in [1.29, 1.82) is 10.5 Å². The lowest BCUT2D eigenvalue weighted by Gasteiger charge is -1.98. The van der Waals surface area contributed by atoms with Gasteiger partial charge in [0.2, 0.25) is 0 Å². The second kappa shape index (κ2) is 12.1. The minimum Gasteiger partial charge on any atom is -0.233 e. The third-order valence-corrected chi connectivity index (χ3v) is 1.49. The number of nitriles is 2. The summed E-state index contributed by atoms with van der Waals surface area (Å²) in [6.45, 7) is 0. The maximum absolute atomic E-state index is 8.57. The molecule has 0 spiro atoms. The van der Waals surface area contributed by atoms with Crippen LogP contribution in [0.3, 0.4) is 0 Å². The lowest BCUT2D eigenvalue weighted by molar-refractivity contribution is 0.775. The van der Waals surface area contributed by atoms with Crippen LogP contribution in [0.25, 0.3) is 0 Å². The van der Waals surface area contributed by atoms with Gasteiger partial charge in [0, 0.05) is 42.0 Å².